The summed E-state index contributed by atoms with van der Waals surface area (Å²) in [5, 5.41) is 3.21. The van der Waals surface area contributed by atoms with Crippen LogP contribution >= 0.6 is 0 Å². The minimum atomic E-state index is -0.572. The van der Waals surface area contributed by atoms with E-state index in [4.69, 9.17) is 0 Å². The van der Waals surface area contributed by atoms with Gasteiger partial charge < -0.3 is 5.32 Å². The van der Waals surface area contributed by atoms with Crippen LogP contribution in [0.1, 0.15) is 22.3 Å². The molecule has 2 aromatic carbocycles. The van der Waals surface area contributed by atoms with Crippen LogP contribution in [0.4, 0.5) is 5.69 Å². The van der Waals surface area contributed by atoms with Crippen molar-refractivity contribution in [3.8, 4) is 0 Å². The Morgan fingerprint density at radius 3 is 2.31 bits per heavy atom. The van der Waals surface area contributed by atoms with Crippen molar-refractivity contribution in [3.05, 3.63) is 104 Å². The number of rotatable bonds is 5. The van der Waals surface area contributed by atoms with Gasteiger partial charge in [0.25, 0.3) is 5.56 Å². The van der Waals surface area contributed by atoms with E-state index in [-0.39, 0.29) is 24.6 Å². The molecule has 1 N–H and O–H groups in total. The molecule has 0 fully saturated rings. The fourth-order valence-electron chi connectivity index (χ4n) is 4.00. The largest absolute Gasteiger partial charge is 0.333 e. The molecule has 2 aromatic heterocycles. The summed E-state index contributed by atoms with van der Waals surface area (Å²) in [7, 11) is 0. The van der Waals surface area contributed by atoms with Crippen LogP contribution in [-0.4, -0.2) is 20.0 Å². The third-order valence-electron chi connectivity index (χ3n) is 5.41. The van der Waals surface area contributed by atoms with Crippen molar-refractivity contribution >= 4 is 22.6 Å². The van der Waals surface area contributed by atoms with E-state index in [1.165, 1.54) is 10.8 Å². The molecule has 0 unspecified atom stereocenters. The van der Waals surface area contributed by atoms with Crippen molar-refractivity contribution in [3.63, 3.8) is 0 Å². The number of fused-ring (bicyclic) bond motifs is 1. The molecule has 0 atom stereocenters. The molecule has 0 aliphatic heterocycles. The Labute approximate surface area is 185 Å². The van der Waals surface area contributed by atoms with Gasteiger partial charge in [0, 0.05) is 11.9 Å². The molecule has 0 aliphatic rings. The number of nitrogens with one attached hydrogen (secondary N) is 1. The number of carbonyl (C=O) groups is 1. The molecular formula is C25H24N4O3. The van der Waals surface area contributed by atoms with Crippen LogP contribution in [-0.2, 0) is 17.9 Å². The maximum atomic E-state index is 13.3. The molecule has 0 aliphatic carbocycles. The van der Waals surface area contributed by atoms with Gasteiger partial charge in [-0.2, -0.15) is 0 Å². The predicted octanol–water partition coefficient (Wildman–Crippen LogP) is 3.17. The van der Waals surface area contributed by atoms with E-state index in [0.29, 0.717) is 5.39 Å². The van der Waals surface area contributed by atoms with Gasteiger partial charge in [-0.3, -0.25) is 18.7 Å². The van der Waals surface area contributed by atoms with Gasteiger partial charge in [0.1, 0.15) is 12.2 Å². The molecule has 162 valence electrons. The number of aryl methyl sites for hydroxylation is 3. The maximum Gasteiger partial charge on any atom is 0.333 e. The number of aromatic nitrogens is 3. The van der Waals surface area contributed by atoms with Crippen molar-refractivity contribution in [1.29, 1.82) is 0 Å². The van der Waals surface area contributed by atoms with Crippen LogP contribution in [0.5, 0.6) is 0 Å². The zero-order valence-corrected chi connectivity index (χ0v) is 18.3. The van der Waals surface area contributed by atoms with Crippen LogP contribution in [0.3, 0.4) is 0 Å². The average molecular weight is 428 g/mol. The highest BCUT2D eigenvalue weighted by Gasteiger charge is 2.17. The van der Waals surface area contributed by atoms with Crippen LogP contribution in [0, 0.1) is 20.8 Å². The second-order valence-electron chi connectivity index (χ2n) is 7.94. The fourth-order valence-corrected chi connectivity index (χ4v) is 4.00. The highest BCUT2D eigenvalue weighted by Crippen LogP contribution is 2.22. The number of anilines is 1. The van der Waals surface area contributed by atoms with E-state index >= 15 is 0 Å². The molecular weight excluding hydrogens is 404 g/mol. The lowest BCUT2D eigenvalue weighted by atomic mass is 10.1. The number of hydrogen-bond acceptors (Lipinski definition) is 4. The van der Waals surface area contributed by atoms with Gasteiger partial charge in [-0.15, -0.1) is 0 Å². The van der Waals surface area contributed by atoms with Crippen molar-refractivity contribution in [2.45, 2.75) is 33.9 Å². The predicted molar refractivity (Wildman–Crippen MR) is 125 cm³/mol. The monoisotopic (exact) mass is 428 g/mol. The highest BCUT2D eigenvalue weighted by molar-refractivity contribution is 5.93. The summed E-state index contributed by atoms with van der Waals surface area (Å²) in [6.07, 6.45) is 1.51. The van der Waals surface area contributed by atoms with E-state index in [0.717, 1.165) is 32.5 Å². The normalized spacial score (nSPS) is 11.0. The number of amides is 1. The van der Waals surface area contributed by atoms with Gasteiger partial charge in [0.15, 0.2) is 0 Å². The van der Waals surface area contributed by atoms with Crippen LogP contribution < -0.4 is 16.6 Å². The molecule has 0 spiro atoms. The Kier molecular flexibility index (Phi) is 5.73. The summed E-state index contributed by atoms with van der Waals surface area (Å²) in [5.41, 5.74) is 3.74. The molecule has 4 aromatic rings. The first-order chi connectivity index (χ1) is 15.3. The van der Waals surface area contributed by atoms with E-state index in [9.17, 15) is 14.4 Å². The Morgan fingerprint density at radius 2 is 1.62 bits per heavy atom. The second-order valence-corrected chi connectivity index (χ2v) is 7.94. The Balaban J connectivity index is 1.76. The van der Waals surface area contributed by atoms with Gasteiger partial charge >= 0.3 is 5.69 Å². The van der Waals surface area contributed by atoms with Crippen molar-refractivity contribution in [2.75, 3.05) is 5.32 Å². The SMILES string of the molecule is Cc1cc(C)c(NC(=O)Cn2c(=O)n(Cc3ccccc3)c(=O)c3cccnc32)c(C)c1. The summed E-state index contributed by atoms with van der Waals surface area (Å²) >= 11 is 0. The van der Waals surface area contributed by atoms with E-state index in [1.54, 1.807) is 12.1 Å². The molecule has 7 heteroatoms. The summed E-state index contributed by atoms with van der Waals surface area (Å²) < 4.78 is 2.41. The van der Waals surface area contributed by atoms with Crippen LogP contribution in [0.25, 0.3) is 11.0 Å². The summed E-state index contributed by atoms with van der Waals surface area (Å²) in [5.74, 6) is -0.362. The third-order valence-corrected chi connectivity index (χ3v) is 5.41. The minimum absolute atomic E-state index is 0.112. The summed E-state index contributed by atoms with van der Waals surface area (Å²) in [6.45, 7) is 5.71. The standard InChI is InChI=1S/C25H24N4O3/c1-16-12-17(2)22(18(3)13-16)27-21(30)15-28-23-20(10-7-11-26-23)24(31)29(25(28)32)14-19-8-5-4-6-9-19/h4-13H,14-15H2,1-3H3,(H,27,30). The number of nitrogens with zero attached hydrogens (tertiary/aromatic N) is 3. The number of pyridine rings is 1. The van der Waals surface area contributed by atoms with Gasteiger partial charge in [0.2, 0.25) is 5.91 Å². The first-order valence-corrected chi connectivity index (χ1v) is 10.3. The van der Waals surface area contributed by atoms with Crippen molar-refractivity contribution in [2.24, 2.45) is 0 Å². The first-order valence-electron chi connectivity index (χ1n) is 10.3. The molecule has 1 amide bonds. The van der Waals surface area contributed by atoms with E-state index in [1.807, 2.05) is 63.2 Å². The second kappa shape index (κ2) is 8.63. The van der Waals surface area contributed by atoms with E-state index < -0.39 is 11.2 Å². The van der Waals surface area contributed by atoms with Gasteiger partial charge in [0.05, 0.1) is 11.9 Å². The van der Waals surface area contributed by atoms with E-state index in [2.05, 4.69) is 10.3 Å². The molecule has 0 radical (unpaired) electrons. The zero-order chi connectivity index (χ0) is 22.8. The lowest BCUT2D eigenvalue weighted by Crippen LogP contribution is -2.42. The fraction of sp³-hybridized carbons (Fsp3) is 0.200. The van der Waals surface area contributed by atoms with Gasteiger partial charge in [-0.05, 0) is 49.6 Å². The zero-order valence-electron chi connectivity index (χ0n) is 18.3. The average Bonchev–Trinajstić information content (AvgIpc) is 2.77. The lowest BCUT2D eigenvalue weighted by molar-refractivity contribution is -0.116. The number of benzene rings is 2. The molecule has 0 saturated carbocycles. The van der Waals surface area contributed by atoms with Crippen LogP contribution in [0.2, 0.25) is 0 Å². The van der Waals surface area contributed by atoms with Gasteiger partial charge in [-0.1, -0.05) is 48.0 Å². The van der Waals surface area contributed by atoms with Crippen molar-refractivity contribution < 1.29 is 4.79 Å². The highest BCUT2D eigenvalue weighted by atomic mass is 16.2. The Hall–Kier alpha value is -4.00. The Bertz CT molecular complexity index is 1410. The van der Waals surface area contributed by atoms with Crippen LogP contribution in [0.15, 0.2) is 70.4 Å². The topological polar surface area (TPSA) is 86.0 Å². The smallest absolute Gasteiger partial charge is 0.324 e. The summed E-state index contributed by atoms with van der Waals surface area (Å²) in [6, 6.07) is 16.5. The lowest BCUT2D eigenvalue weighted by Gasteiger charge is -2.15. The summed E-state index contributed by atoms with van der Waals surface area (Å²) in [4.78, 5) is 43.5. The third kappa shape index (κ3) is 4.09. The molecule has 4 rings (SSSR count). The first kappa shape index (κ1) is 21.2. The Morgan fingerprint density at radius 1 is 0.938 bits per heavy atom. The minimum Gasteiger partial charge on any atom is -0.324 e. The van der Waals surface area contributed by atoms with Crippen molar-refractivity contribution in [1.82, 2.24) is 14.1 Å². The number of hydrogen-bond donors (Lipinski definition) is 1. The number of carbonyl (C=O) groups excluding carboxylic acids is 1. The quantitative estimate of drug-likeness (QED) is 0.529. The maximum absolute atomic E-state index is 13.3. The molecule has 7 nitrogen and oxygen atoms in total. The van der Waals surface area contributed by atoms with Gasteiger partial charge in [-0.25, -0.2) is 9.78 Å². The molecule has 2 heterocycles. The molecule has 0 bridgehead atoms. The molecule has 0 saturated heterocycles. The molecule has 32 heavy (non-hydrogen) atoms.